The molecule has 0 unspecified atom stereocenters. The molecular formula is C23H29N3O4S. The van der Waals surface area contributed by atoms with Crippen molar-refractivity contribution in [2.75, 3.05) is 33.8 Å². The molecule has 0 aliphatic carbocycles. The number of benzene rings is 1. The van der Waals surface area contributed by atoms with Crippen LogP contribution in [0.4, 0.5) is 0 Å². The highest BCUT2D eigenvalue weighted by molar-refractivity contribution is 7.89. The first-order chi connectivity index (χ1) is 14.7. The molecule has 8 heteroatoms. The summed E-state index contributed by atoms with van der Waals surface area (Å²) in [4.78, 5) is 6.29. The average molecular weight is 444 g/mol. The first-order valence-electron chi connectivity index (χ1n) is 10.2. The summed E-state index contributed by atoms with van der Waals surface area (Å²) < 4.78 is 34.5. The summed E-state index contributed by atoms with van der Waals surface area (Å²) in [5.74, 6) is 6.22. The van der Waals surface area contributed by atoms with Crippen molar-refractivity contribution in [3.8, 4) is 17.6 Å². The Morgan fingerprint density at radius 2 is 2.06 bits per heavy atom. The monoisotopic (exact) mass is 443 g/mol. The molecule has 31 heavy (non-hydrogen) atoms. The number of aliphatic hydroxyl groups is 1. The molecule has 0 saturated carbocycles. The Hall–Kier alpha value is -2.44. The maximum absolute atomic E-state index is 13.4. The van der Waals surface area contributed by atoms with Crippen molar-refractivity contribution in [1.29, 1.82) is 0 Å². The van der Waals surface area contributed by atoms with Gasteiger partial charge in [-0.2, -0.15) is 4.31 Å². The van der Waals surface area contributed by atoms with E-state index in [1.54, 1.807) is 25.3 Å². The van der Waals surface area contributed by atoms with Gasteiger partial charge in [0.15, 0.2) is 0 Å². The van der Waals surface area contributed by atoms with Gasteiger partial charge in [0.1, 0.15) is 22.4 Å². The van der Waals surface area contributed by atoms with E-state index in [1.807, 2.05) is 44.1 Å². The molecule has 1 aliphatic heterocycles. The van der Waals surface area contributed by atoms with Crippen molar-refractivity contribution < 1.29 is 18.3 Å². The third-order valence-electron chi connectivity index (χ3n) is 5.21. The highest BCUT2D eigenvalue weighted by atomic mass is 32.2. The zero-order chi connectivity index (χ0) is 22.6. The molecule has 2 aromatic rings. The van der Waals surface area contributed by atoms with E-state index in [1.165, 1.54) is 10.4 Å². The molecule has 1 aliphatic rings. The molecule has 0 saturated heterocycles. The van der Waals surface area contributed by atoms with Crippen molar-refractivity contribution in [2.45, 2.75) is 30.9 Å². The second-order valence-electron chi connectivity index (χ2n) is 8.13. The van der Waals surface area contributed by atoms with Gasteiger partial charge in [-0.05, 0) is 57.3 Å². The van der Waals surface area contributed by atoms with Crippen LogP contribution in [0.5, 0.6) is 5.75 Å². The Morgan fingerprint density at radius 3 is 2.71 bits per heavy atom. The number of nitrogens with zero attached hydrogens (tertiary/aromatic N) is 3. The van der Waals surface area contributed by atoms with Crippen LogP contribution in [-0.2, 0) is 10.0 Å². The van der Waals surface area contributed by atoms with E-state index in [0.29, 0.717) is 17.8 Å². The zero-order valence-electron chi connectivity index (χ0n) is 18.3. The van der Waals surface area contributed by atoms with Gasteiger partial charge in [0.2, 0.25) is 10.0 Å². The van der Waals surface area contributed by atoms with Crippen molar-refractivity contribution in [1.82, 2.24) is 14.2 Å². The van der Waals surface area contributed by atoms with Crippen LogP contribution in [0.3, 0.4) is 0 Å². The first-order valence-corrected chi connectivity index (χ1v) is 11.7. The van der Waals surface area contributed by atoms with E-state index in [-0.39, 0.29) is 35.8 Å². The number of rotatable bonds is 4. The molecule has 7 nitrogen and oxygen atoms in total. The number of pyridine rings is 1. The number of hydrogen-bond acceptors (Lipinski definition) is 6. The van der Waals surface area contributed by atoms with Crippen LogP contribution in [0.25, 0.3) is 0 Å². The minimum atomic E-state index is -3.85. The summed E-state index contributed by atoms with van der Waals surface area (Å²) in [5, 5.41) is 9.68. The van der Waals surface area contributed by atoms with Crippen molar-refractivity contribution in [3.05, 3.63) is 53.9 Å². The fraction of sp³-hybridized carbons (Fsp3) is 0.435. The van der Waals surface area contributed by atoms with Gasteiger partial charge in [-0.1, -0.05) is 18.9 Å². The second kappa shape index (κ2) is 9.79. The Kier molecular flexibility index (Phi) is 7.34. The quantitative estimate of drug-likeness (QED) is 0.726. The minimum absolute atomic E-state index is 0.0809. The highest BCUT2D eigenvalue weighted by Gasteiger charge is 2.37. The van der Waals surface area contributed by atoms with E-state index >= 15 is 0 Å². The molecule has 3 rings (SSSR count). The van der Waals surface area contributed by atoms with E-state index in [2.05, 4.69) is 16.8 Å². The number of ether oxygens (including phenoxy) is 1. The molecule has 0 amide bonds. The van der Waals surface area contributed by atoms with Crippen LogP contribution >= 0.6 is 0 Å². The molecule has 0 fully saturated rings. The lowest BCUT2D eigenvalue weighted by Gasteiger charge is -2.37. The molecule has 2 heterocycles. The predicted octanol–water partition coefficient (Wildman–Crippen LogP) is 1.81. The zero-order valence-corrected chi connectivity index (χ0v) is 19.1. The summed E-state index contributed by atoms with van der Waals surface area (Å²) in [5.41, 5.74) is 1.27. The third kappa shape index (κ3) is 5.43. The smallest absolute Gasteiger partial charge is 0.247 e. The van der Waals surface area contributed by atoms with Gasteiger partial charge in [0, 0.05) is 36.8 Å². The first kappa shape index (κ1) is 23.2. The van der Waals surface area contributed by atoms with E-state index in [4.69, 9.17) is 4.74 Å². The van der Waals surface area contributed by atoms with Crippen LogP contribution in [0.2, 0.25) is 0 Å². The number of sulfonamides is 1. The van der Waals surface area contributed by atoms with Gasteiger partial charge in [0.25, 0.3) is 0 Å². The third-order valence-corrected chi connectivity index (χ3v) is 7.23. The van der Waals surface area contributed by atoms with Gasteiger partial charge in [0.05, 0.1) is 6.61 Å². The fourth-order valence-electron chi connectivity index (χ4n) is 3.45. The largest absolute Gasteiger partial charge is 0.487 e. The Balaban J connectivity index is 2.08. The van der Waals surface area contributed by atoms with Gasteiger partial charge < -0.3 is 14.7 Å². The lowest BCUT2D eigenvalue weighted by Crippen LogP contribution is -2.49. The molecule has 1 aromatic heterocycles. The SMILES string of the molecule is C[C@@H]1CN([C@H](C)CO)S(=O)(=O)c2ccc(C#Cc3ccccn3)cc2O[C@@H]1CN(C)C. The van der Waals surface area contributed by atoms with Crippen LogP contribution in [0.15, 0.2) is 47.5 Å². The van der Waals surface area contributed by atoms with Gasteiger partial charge in [-0.25, -0.2) is 13.4 Å². The Bertz CT molecular complexity index is 1060. The Labute approximate surface area is 184 Å². The summed E-state index contributed by atoms with van der Waals surface area (Å²) in [7, 11) is 0.0590. The molecule has 1 aromatic carbocycles. The van der Waals surface area contributed by atoms with Gasteiger partial charge in [-0.3, -0.25) is 0 Å². The van der Waals surface area contributed by atoms with E-state index < -0.39 is 16.1 Å². The molecule has 3 atom stereocenters. The number of hydrogen-bond donors (Lipinski definition) is 1. The van der Waals surface area contributed by atoms with Crippen LogP contribution in [-0.4, -0.2) is 73.7 Å². The van der Waals surface area contributed by atoms with Crippen LogP contribution < -0.4 is 4.74 Å². The summed E-state index contributed by atoms with van der Waals surface area (Å²) in [6.07, 6.45) is 1.45. The lowest BCUT2D eigenvalue weighted by atomic mass is 10.0. The van der Waals surface area contributed by atoms with Crippen molar-refractivity contribution >= 4 is 10.0 Å². The van der Waals surface area contributed by atoms with Gasteiger partial charge >= 0.3 is 0 Å². The fourth-order valence-corrected chi connectivity index (χ4v) is 5.28. The van der Waals surface area contributed by atoms with E-state index in [9.17, 15) is 13.5 Å². The van der Waals surface area contributed by atoms with Crippen LogP contribution in [0, 0.1) is 17.8 Å². The van der Waals surface area contributed by atoms with Crippen LogP contribution in [0.1, 0.15) is 25.1 Å². The molecule has 0 radical (unpaired) electrons. The maximum Gasteiger partial charge on any atom is 0.247 e. The highest BCUT2D eigenvalue weighted by Crippen LogP contribution is 2.34. The molecule has 166 valence electrons. The summed E-state index contributed by atoms with van der Waals surface area (Å²) in [6.45, 7) is 4.32. The average Bonchev–Trinajstić information content (AvgIpc) is 2.74. The maximum atomic E-state index is 13.4. The van der Waals surface area contributed by atoms with Crippen molar-refractivity contribution in [2.24, 2.45) is 5.92 Å². The lowest BCUT2D eigenvalue weighted by molar-refractivity contribution is 0.0812. The summed E-state index contributed by atoms with van der Waals surface area (Å²) >= 11 is 0. The standard InChI is InChI=1S/C23H29N3O4S/c1-17-14-26(18(2)16-27)31(28,29)23-11-9-19(8-10-20-7-5-6-12-24-20)13-21(23)30-22(17)15-25(3)4/h5-7,9,11-13,17-18,22,27H,14-16H2,1-4H3/t17-,18-,22-/m1/s1. The number of aliphatic hydroxyl groups excluding tert-OH is 1. The second-order valence-corrected chi connectivity index (χ2v) is 9.99. The molecule has 0 bridgehead atoms. The molecular weight excluding hydrogens is 414 g/mol. The summed E-state index contributed by atoms with van der Waals surface area (Å²) in [6, 6.07) is 9.83. The molecule has 1 N–H and O–H groups in total. The number of likely N-dealkylation sites (N-methyl/N-ethyl adjacent to an activating group) is 1. The van der Waals surface area contributed by atoms with E-state index in [0.717, 1.165) is 0 Å². The minimum Gasteiger partial charge on any atom is -0.487 e. The Morgan fingerprint density at radius 1 is 1.29 bits per heavy atom. The van der Waals surface area contributed by atoms with Crippen molar-refractivity contribution in [3.63, 3.8) is 0 Å². The van der Waals surface area contributed by atoms with Gasteiger partial charge in [-0.15, -0.1) is 0 Å². The number of aromatic nitrogens is 1. The normalized spacial score (nSPS) is 21.7. The molecule has 0 spiro atoms. The number of fused-ring (bicyclic) bond motifs is 1. The topological polar surface area (TPSA) is 83.0 Å². The predicted molar refractivity (Wildman–Crippen MR) is 119 cm³/mol.